The number of aryl methyl sites for hydroxylation is 1. The molecule has 3 rings (SSSR count). The van der Waals surface area contributed by atoms with E-state index in [0.717, 1.165) is 24.7 Å². The molecule has 0 spiro atoms. The van der Waals surface area contributed by atoms with Crippen molar-refractivity contribution < 1.29 is 4.79 Å². The second kappa shape index (κ2) is 5.33. The van der Waals surface area contributed by atoms with E-state index in [0.29, 0.717) is 12.5 Å². The van der Waals surface area contributed by atoms with E-state index in [9.17, 15) is 4.79 Å². The molecule has 5 nitrogen and oxygen atoms in total. The van der Waals surface area contributed by atoms with Gasteiger partial charge in [0.15, 0.2) is 0 Å². The Morgan fingerprint density at radius 3 is 3.26 bits per heavy atom. The van der Waals surface area contributed by atoms with E-state index in [4.69, 9.17) is 0 Å². The molecule has 3 atom stereocenters. The molecular formula is C14H22N4O. The number of fused-ring (bicyclic) bond motifs is 1. The largest absolute Gasteiger partial charge is 0.354 e. The van der Waals surface area contributed by atoms with Crippen LogP contribution < -0.4 is 10.6 Å². The van der Waals surface area contributed by atoms with Crippen LogP contribution in [0.1, 0.15) is 25.1 Å². The van der Waals surface area contributed by atoms with E-state index in [1.54, 1.807) is 6.20 Å². The zero-order valence-corrected chi connectivity index (χ0v) is 11.4. The van der Waals surface area contributed by atoms with Crippen LogP contribution in [0.25, 0.3) is 0 Å². The smallest absolute Gasteiger partial charge is 0.237 e. The van der Waals surface area contributed by atoms with E-state index < -0.39 is 0 Å². The Bertz CT molecular complexity index is 456. The molecular weight excluding hydrogens is 240 g/mol. The molecule has 1 aliphatic heterocycles. The van der Waals surface area contributed by atoms with Crippen LogP contribution in [-0.4, -0.2) is 34.6 Å². The number of carbonyl (C=O) groups excluding carboxylic acids is 1. The summed E-state index contributed by atoms with van der Waals surface area (Å²) in [6, 6.07) is 0.0360. The Hall–Kier alpha value is -1.36. The maximum atomic E-state index is 12.2. The molecule has 1 aromatic heterocycles. The van der Waals surface area contributed by atoms with Crippen molar-refractivity contribution in [2.24, 2.45) is 18.9 Å². The van der Waals surface area contributed by atoms with Crippen molar-refractivity contribution >= 4 is 5.91 Å². The van der Waals surface area contributed by atoms with Crippen molar-refractivity contribution in [1.82, 2.24) is 20.2 Å². The predicted octanol–water partition coefficient (Wildman–Crippen LogP) is 0.467. The van der Waals surface area contributed by atoms with Crippen LogP contribution >= 0.6 is 0 Å². The number of imidazole rings is 1. The van der Waals surface area contributed by atoms with Crippen molar-refractivity contribution in [2.45, 2.75) is 31.7 Å². The number of aromatic nitrogens is 2. The van der Waals surface area contributed by atoms with E-state index in [-0.39, 0.29) is 11.9 Å². The van der Waals surface area contributed by atoms with Crippen molar-refractivity contribution in [3.05, 3.63) is 18.2 Å². The van der Waals surface area contributed by atoms with Crippen LogP contribution in [0.5, 0.6) is 0 Å². The maximum absolute atomic E-state index is 12.2. The number of hydrogen-bond acceptors (Lipinski definition) is 3. The number of nitrogens with one attached hydrogen (secondary N) is 2. The van der Waals surface area contributed by atoms with Gasteiger partial charge in [-0.1, -0.05) is 6.42 Å². The van der Waals surface area contributed by atoms with Crippen LogP contribution in [-0.2, 0) is 18.3 Å². The molecule has 104 valence electrons. The van der Waals surface area contributed by atoms with Crippen LogP contribution in [0.15, 0.2) is 12.4 Å². The second-order valence-electron chi connectivity index (χ2n) is 5.74. The van der Waals surface area contributed by atoms with Gasteiger partial charge >= 0.3 is 0 Å². The van der Waals surface area contributed by atoms with Gasteiger partial charge in [-0.25, -0.2) is 4.98 Å². The zero-order chi connectivity index (χ0) is 13.2. The first-order valence-corrected chi connectivity index (χ1v) is 7.23. The van der Waals surface area contributed by atoms with Crippen LogP contribution in [0.3, 0.4) is 0 Å². The highest BCUT2D eigenvalue weighted by Crippen LogP contribution is 2.37. The molecule has 0 aromatic carbocycles. The normalized spacial score (nSPS) is 29.4. The summed E-state index contributed by atoms with van der Waals surface area (Å²) in [6.07, 6.45) is 8.28. The molecule has 0 bridgehead atoms. The summed E-state index contributed by atoms with van der Waals surface area (Å²) in [5.74, 6) is 2.47. The molecule has 2 N–H and O–H groups in total. The van der Waals surface area contributed by atoms with Gasteiger partial charge in [0.1, 0.15) is 5.82 Å². The molecule has 19 heavy (non-hydrogen) atoms. The molecule has 1 amide bonds. The minimum absolute atomic E-state index is 0.0360. The Kier molecular flexibility index (Phi) is 3.55. The number of rotatable bonds is 4. The lowest BCUT2D eigenvalue weighted by Gasteiger charge is -2.17. The third kappa shape index (κ3) is 2.52. The quantitative estimate of drug-likeness (QED) is 0.829. The van der Waals surface area contributed by atoms with Gasteiger partial charge in [-0.05, 0) is 31.2 Å². The van der Waals surface area contributed by atoms with Crippen LogP contribution in [0.4, 0.5) is 0 Å². The molecule has 1 saturated carbocycles. The third-order valence-corrected chi connectivity index (χ3v) is 4.60. The average molecular weight is 262 g/mol. The Labute approximate surface area is 113 Å². The number of carbonyl (C=O) groups is 1. The Morgan fingerprint density at radius 2 is 2.47 bits per heavy atom. The summed E-state index contributed by atoms with van der Waals surface area (Å²) in [7, 11) is 1.98. The first-order valence-electron chi connectivity index (χ1n) is 7.23. The number of hydrogen-bond donors (Lipinski definition) is 2. The SMILES string of the molecule is Cn1ccnc1CCNC(=O)C1NCC2CCCC21. The molecule has 5 heteroatoms. The van der Waals surface area contributed by atoms with E-state index in [1.165, 1.54) is 19.3 Å². The van der Waals surface area contributed by atoms with Gasteiger partial charge in [-0.3, -0.25) is 4.79 Å². The summed E-state index contributed by atoms with van der Waals surface area (Å²) in [6.45, 7) is 1.68. The predicted molar refractivity (Wildman–Crippen MR) is 72.5 cm³/mol. The highest BCUT2D eigenvalue weighted by atomic mass is 16.2. The van der Waals surface area contributed by atoms with Gasteiger partial charge < -0.3 is 15.2 Å². The van der Waals surface area contributed by atoms with Crippen molar-refractivity contribution in [1.29, 1.82) is 0 Å². The maximum Gasteiger partial charge on any atom is 0.237 e. The van der Waals surface area contributed by atoms with Gasteiger partial charge in [0.2, 0.25) is 5.91 Å². The van der Waals surface area contributed by atoms with E-state index >= 15 is 0 Å². The molecule has 0 radical (unpaired) electrons. The highest BCUT2D eigenvalue weighted by molar-refractivity contribution is 5.82. The van der Waals surface area contributed by atoms with Crippen LogP contribution in [0.2, 0.25) is 0 Å². The number of amides is 1. The minimum Gasteiger partial charge on any atom is -0.354 e. The summed E-state index contributed by atoms with van der Waals surface area (Å²) < 4.78 is 1.99. The van der Waals surface area contributed by atoms with Gasteiger partial charge in [-0.15, -0.1) is 0 Å². The molecule has 1 aromatic rings. The van der Waals surface area contributed by atoms with Gasteiger partial charge in [-0.2, -0.15) is 0 Å². The molecule has 2 aliphatic rings. The molecule has 2 fully saturated rings. The van der Waals surface area contributed by atoms with Crippen molar-refractivity contribution in [2.75, 3.05) is 13.1 Å². The molecule has 1 saturated heterocycles. The van der Waals surface area contributed by atoms with Gasteiger partial charge in [0, 0.05) is 32.4 Å². The second-order valence-corrected chi connectivity index (χ2v) is 5.74. The third-order valence-electron chi connectivity index (χ3n) is 4.60. The number of nitrogens with zero attached hydrogens (tertiary/aromatic N) is 2. The fraction of sp³-hybridized carbons (Fsp3) is 0.714. The summed E-state index contributed by atoms with van der Waals surface area (Å²) in [5, 5.41) is 6.43. The zero-order valence-electron chi connectivity index (χ0n) is 11.4. The molecule has 3 unspecified atom stereocenters. The average Bonchev–Trinajstić information content (AvgIpc) is 3.05. The molecule has 1 aliphatic carbocycles. The standard InChI is InChI=1S/C14H22N4O/c1-18-8-7-15-12(18)5-6-16-14(19)13-11-4-2-3-10(11)9-17-13/h7-8,10-11,13,17H,2-6,9H2,1H3,(H,16,19). The van der Waals surface area contributed by atoms with Gasteiger partial charge in [0.25, 0.3) is 0 Å². The fourth-order valence-corrected chi connectivity index (χ4v) is 3.52. The van der Waals surface area contributed by atoms with E-state index in [1.807, 2.05) is 17.8 Å². The summed E-state index contributed by atoms with van der Waals surface area (Å²) in [5.41, 5.74) is 0. The van der Waals surface area contributed by atoms with E-state index in [2.05, 4.69) is 15.6 Å². The monoisotopic (exact) mass is 262 g/mol. The molecule has 2 heterocycles. The lowest BCUT2D eigenvalue weighted by atomic mass is 9.93. The first-order chi connectivity index (χ1) is 9.25. The topological polar surface area (TPSA) is 59.0 Å². The Morgan fingerprint density at radius 1 is 1.58 bits per heavy atom. The van der Waals surface area contributed by atoms with Crippen molar-refractivity contribution in [3.63, 3.8) is 0 Å². The van der Waals surface area contributed by atoms with Gasteiger partial charge in [0.05, 0.1) is 6.04 Å². The highest BCUT2D eigenvalue weighted by Gasteiger charge is 2.42. The van der Waals surface area contributed by atoms with Crippen LogP contribution in [0, 0.1) is 11.8 Å². The lowest BCUT2D eigenvalue weighted by Crippen LogP contribution is -2.44. The first kappa shape index (κ1) is 12.7. The lowest BCUT2D eigenvalue weighted by molar-refractivity contribution is -0.123. The summed E-state index contributed by atoms with van der Waals surface area (Å²) >= 11 is 0. The van der Waals surface area contributed by atoms with Crippen molar-refractivity contribution in [3.8, 4) is 0 Å². The minimum atomic E-state index is 0.0360. The summed E-state index contributed by atoms with van der Waals surface area (Å²) in [4.78, 5) is 16.5. The Balaban J connectivity index is 1.48. The fourth-order valence-electron chi connectivity index (χ4n) is 3.52.